The lowest BCUT2D eigenvalue weighted by atomic mass is 10.2. The number of nitrogens with one attached hydrogen (secondary N) is 1. The quantitative estimate of drug-likeness (QED) is 0.708. The molecule has 0 spiro atoms. The van der Waals surface area contributed by atoms with Crippen LogP contribution in [-0.2, 0) is 11.3 Å². The van der Waals surface area contributed by atoms with Crippen LogP contribution in [0.15, 0.2) is 15.8 Å². The van der Waals surface area contributed by atoms with Crippen LogP contribution in [0, 0.1) is 6.92 Å². The van der Waals surface area contributed by atoms with Gasteiger partial charge in [0.1, 0.15) is 0 Å². The SMILES string of the molecule is Cc1cn(CCCCCC(=O)O)c(=O)[nH]c1=O. The number of carboxylic acid groups (broad SMARTS) is 1. The van der Waals surface area contributed by atoms with E-state index in [1.165, 1.54) is 10.8 Å². The van der Waals surface area contributed by atoms with Crippen molar-refractivity contribution in [1.82, 2.24) is 9.55 Å². The van der Waals surface area contributed by atoms with Crippen molar-refractivity contribution >= 4 is 5.97 Å². The average molecular weight is 240 g/mol. The minimum Gasteiger partial charge on any atom is -0.481 e. The molecule has 1 aromatic rings. The number of H-pyrrole nitrogens is 1. The van der Waals surface area contributed by atoms with Gasteiger partial charge in [0, 0.05) is 24.7 Å². The van der Waals surface area contributed by atoms with Gasteiger partial charge in [0.25, 0.3) is 5.56 Å². The van der Waals surface area contributed by atoms with E-state index >= 15 is 0 Å². The fourth-order valence-electron chi connectivity index (χ4n) is 1.52. The Morgan fingerprint density at radius 2 is 2.06 bits per heavy atom. The number of rotatable bonds is 6. The molecule has 6 nitrogen and oxygen atoms in total. The van der Waals surface area contributed by atoms with Crippen LogP contribution >= 0.6 is 0 Å². The zero-order valence-electron chi connectivity index (χ0n) is 9.73. The molecule has 6 heteroatoms. The van der Waals surface area contributed by atoms with Gasteiger partial charge in [-0.2, -0.15) is 0 Å². The topological polar surface area (TPSA) is 92.2 Å². The Morgan fingerprint density at radius 3 is 2.71 bits per heavy atom. The van der Waals surface area contributed by atoms with Gasteiger partial charge in [-0.3, -0.25) is 14.6 Å². The summed E-state index contributed by atoms with van der Waals surface area (Å²) in [4.78, 5) is 35.0. The standard InChI is InChI=1S/C11H16N2O4/c1-8-7-13(11(17)12-10(8)16)6-4-2-3-5-9(14)15/h7H,2-6H2,1H3,(H,14,15)(H,12,16,17). The summed E-state index contributed by atoms with van der Waals surface area (Å²) < 4.78 is 1.44. The summed E-state index contributed by atoms with van der Waals surface area (Å²) in [6.07, 6.45) is 3.75. The first kappa shape index (κ1) is 13.2. The Labute approximate surface area is 97.9 Å². The number of nitrogens with zero attached hydrogens (tertiary/aromatic N) is 1. The summed E-state index contributed by atoms with van der Waals surface area (Å²) in [6.45, 7) is 2.13. The fourth-order valence-corrected chi connectivity index (χ4v) is 1.52. The van der Waals surface area contributed by atoms with E-state index < -0.39 is 11.7 Å². The van der Waals surface area contributed by atoms with Gasteiger partial charge in [0.2, 0.25) is 0 Å². The minimum absolute atomic E-state index is 0.152. The highest BCUT2D eigenvalue weighted by Gasteiger charge is 2.01. The molecule has 0 aromatic carbocycles. The number of hydrogen-bond donors (Lipinski definition) is 2. The number of carbonyl (C=O) groups is 1. The highest BCUT2D eigenvalue weighted by molar-refractivity contribution is 5.66. The third kappa shape index (κ3) is 4.26. The second-order valence-corrected chi connectivity index (χ2v) is 3.97. The molecule has 0 bridgehead atoms. The van der Waals surface area contributed by atoms with Crippen LogP contribution < -0.4 is 11.2 Å². The van der Waals surface area contributed by atoms with Gasteiger partial charge in [-0.1, -0.05) is 6.42 Å². The van der Waals surface area contributed by atoms with Gasteiger partial charge in [-0.05, 0) is 19.8 Å². The normalized spacial score (nSPS) is 10.4. The highest BCUT2D eigenvalue weighted by atomic mass is 16.4. The summed E-state index contributed by atoms with van der Waals surface area (Å²) in [5.41, 5.74) is -0.286. The summed E-state index contributed by atoms with van der Waals surface area (Å²) >= 11 is 0. The highest BCUT2D eigenvalue weighted by Crippen LogP contribution is 2.01. The number of carboxylic acids is 1. The zero-order valence-corrected chi connectivity index (χ0v) is 9.73. The number of hydrogen-bond acceptors (Lipinski definition) is 3. The lowest BCUT2D eigenvalue weighted by Crippen LogP contribution is -2.30. The Hall–Kier alpha value is -1.85. The third-order valence-electron chi connectivity index (χ3n) is 2.48. The maximum absolute atomic E-state index is 11.4. The van der Waals surface area contributed by atoms with Gasteiger partial charge < -0.3 is 9.67 Å². The van der Waals surface area contributed by atoms with E-state index in [0.717, 1.165) is 12.8 Å². The van der Waals surface area contributed by atoms with E-state index in [1.807, 2.05) is 0 Å². The van der Waals surface area contributed by atoms with Crippen molar-refractivity contribution in [3.8, 4) is 0 Å². The van der Waals surface area contributed by atoms with Crippen LogP contribution in [-0.4, -0.2) is 20.6 Å². The lowest BCUT2D eigenvalue weighted by molar-refractivity contribution is -0.137. The maximum Gasteiger partial charge on any atom is 0.328 e. The molecule has 0 amide bonds. The molecule has 0 aliphatic heterocycles. The number of aromatic amines is 1. The average Bonchev–Trinajstić information content (AvgIpc) is 2.24. The first-order chi connectivity index (χ1) is 8.00. The molecule has 17 heavy (non-hydrogen) atoms. The van der Waals surface area contributed by atoms with E-state index in [1.54, 1.807) is 6.92 Å². The lowest BCUT2D eigenvalue weighted by Gasteiger charge is -2.05. The number of unbranched alkanes of at least 4 members (excludes halogenated alkanes) is 2. The molecule has 94 valence electrons. The van der Waals surface area contributed by atoms with Gasteiger partial charge in [-0.15, -0.1) is 0 Å². The monoisotopic (exact) mass is 240 g/mol. The Bertz CT molecular complexity index is 501. The van der Waals surface area contributed by atoms with Gasteiger partial charge in [0.05, 0.1) is 0 Å². The number of aliphatic carboxylic acids is 1. The molecule has 0 fully saturated rings. The van der Waals surface area contributed by atoms with Crippen molar-refractivity contribution in [1.29, 1.82) is 0 Å². The van der Waals surface area contributed by atoms with Crippen molar-refractivity contribution in [2.75, 3.05) is 0 Å². The van der Waals surface area contributed by atoms with Crippen molar-refractivity contribution in [3.05, 3.63) is 32.6 Å². The van der Waals surface area contributed by atoms with Crippen molar-refractivity contribution < 1.29 is 9.90 Å². The smallest absolute Gasteiger partial charge is 0.328 e. The fraction of sp³-hybridized carbons (Fsp3) is 0.545. The summed E-state index contributed by atoms with van der Waals surface area (Å²) in [6, 6.07) is 0. The first-order valence-corrected chi connectivity index (χ1v) is 5.53. The van der Waals surface area contributed by atoms with Crippen LogP contribution in [0.5, 0.6) is 0 Å². The molecule has 0 aliphatic carbocycles. The predicted molar refractivity (Wildman–Crippen MR) is 62.2 cm³/mol. The van der Waals surface area contributed by atoms with Crippen LogP contribution in [0.25, 0.3) is 0 Å². The summed E-state index contributed by atoms with van der Waals surface area (Å²) in [5, 5.41) is 8.45. The molecule has 0 unspecified atom stereocenters. The van der Waals surface area contributed by atoms with Crippen LogP contribution in [0.4, 0.5) is 0 Å². The first-order valence-electron chi connectivity index (χ1n) is 5.53. The molecular weight excluding hydrogens is 224 g/mol. The molecule has 0 aliphatic rings. The molecular formula is C11H16N2O4. The van der Waals surface area contributed by atoms with E-state index in [0.29, 0.717) is 18.5 Å². The van der Waals surface area contributed by atoms with Crippen LogP contribution in [0.3, 0.4) is 0 Å². The molecule has 0 atom stereocenters. The van der Waals surface area contributed by atoms with E-state index in [-0.39, 0.29) is 12.0 Å². The van der Waals surface area contributed by atoms with E-state index in [9.17, 15) is 14.4 Å². The Morgan fingerprint density at radius 1 is 1.35 bits per heavy atom. The van der Waals surface area contributed by atoms with Gasteiger partial charge in [0.15, 0.2) is 0 Å². The Kier molecular flexibility index (Phi) is 4.68. The van der Waals surface area contributed by atoms with Crippen LogP contribution in [0.2, 0.25) is 0 Å². The number of aryl methyl sites for hydroxylation is 2. The maximum atomic E-state index is 11.4. The molecule has 2 N–H and O–H groups in total. The van der Waals surface area contributed by atoms with Crippen molar-refractivity contribution in [2.24, 2.45) is 0 Å². The molecule has 0 radical (unpaired) electrons. The minimum atomic E-state index is -0.804. The number of aromatic nitrogens is 2. The molecule has 0 saturated heterocycles. The predicted octanol–water partition coefficient (Wildman–Crippen LogP) is 0.490. The van der Waals surface area contributed by atoms with Crippen LogP contribution in [0.1, 0.15) is 31.2 Å². The Balaban J connectivity index is 2.47. The third-order valence-corrected chi connectivity index (χ3v) is 2.48. The zero-order chi connectivity index (χ0) is 12.8. The molecule has 1 aromatic heterocycles. The van der Waals surface area contributed by atoms with Gasteiger partial charge >= 0.3 is 11.7 Å². The van der Waals surface area contributed by atoms with E-state index in [2.05, 4.69) is 4.98 Å². The molecule has 1 heterocycles. The second kappa shape index (κ2) is 6.03. The van der Waals surface area contributed by atoms with Crippen molar-refractivity contribution in [2.45, 2.75) is 39.2 Å². The largest absolute Gasteiger partial charge is 0.481 e. The van der Waals surface area contributed by atoms with E-state index in [4.69, 9.17) is 5.11 Å². The van der Waals surface area contributed by atoms with Crippen molar-refractivity contribution in [3.63, 3.8) is 0 Å². The molecule has 1 rings (SSSR count). The summed E-state index contributed by atoms with van der Waals surface area (Å²) in [5.74, 6) is -0.804. The second-order valence-electron chi connectivity index (χ2n) is 3.97. The molecule has 0 saturated carbocycles. The summed E-state index contributed by atoms with van der Waals surface area (Å²) in [7, 11) is 0. The van der Waals surface area contributed by atoms with Gasteiger partial charge in [-0.25, -0.2) is 4.79 Å².